The Labute approximate surface area is 179 Å². The summed E-state index contributed by atoms with van der Waals surface area (Å²) < 4.78 is 38.4. The Bertz CT molecular complexity index is 1120. The predicted octanol–water partition coefficient (Wildman–Crippen LogP) is 3.30. The van der Waals surface area contributed by atoms with Gasteiger partial charge in [0.25, 0.3) is 11.7 Å². The molecule has 31 heavy (non-hydrogen) atoms. The van der Waals surface area contributed by atoms with Crippen LogP contribution in [0.1, 0.15) is 21.7 Å². The number of hydrogen-bond acceptors (Lipinski definition) is 6. The van der Waals surface area contributed by atoms with Crippen LogP contribution in [0.4, 0.5) is 24.5 Å². The summed E-state index contributed by atoms with van der Waals surface area (Å²) in [6, 6.07) is 13.6. The van der Waals surface area contributed by atoms with Gasteiger partial charge in [0.1, 0.15) is 0 Å². The van der Waals surface area contributed by atoms with Gasteiger partial charge < -0.3 is 16.5 Å². The van der Waals surface area contributed by atoms with Crippen LogP contribution in [0.15, 0.2) is 53.7 Å². The number of nitrogens with zero attached hydrogens (tertiary/aromatic N) is 3. The summed E-state index contributed by atoms with van der Waals surface area (Å²) in [5.74, 6) is 2.70. The number of alkyl halides is 3. The smallest absolute Gasteiger partial charge is 0.335 e. The lowest BCUT2D eigenvalue weighted by atomic mass is 10.1. The first-order valence-corrected chi connectivity index (χ1v) is 9.81. The Hall–Kier alpha value is -3.54. The molecular weight excluding hydrogens is 433 g/mol. The number of anilines is 2. The molecule has 12 heteroatoms. The fourth-order valence-corrected chi connectivity index (χ4v) is 3.25. The number of benzene rings is 2. The number of para-hydroxylation sites is 1. The van der Waals surface area contributed by atoms with Crippen LogP contribution in [0, 0.1) is 6.92 Å². The molecule has 0 aliphatic carbocycles. The molecule has 162 valence electrons. The number of amides is 2. The Kier molecular flexibility index (Phi) is 6.49. The van der Waals surface area contributed by atoms with Crippen molar-refractivity contribution >= 4 is 35.0 Å². The van der Waals surface area contributed by atoms with E-state index in [0.29, 0.717) is 17.4 Å². The van der Waals surface area contributed by atoms with E-state index < -0.39 is 23.8 Å². The van der Waals surface area contributed by atoms with Gasteiger partial charge >= 0.3 is 6.18 Å². The minimum absolute atomic E-state index is 0.226. The van der Waals surface area contributed by atoms with Gasteiger partial charge in [-0.05, 0) is 36.8 Å². The Morgan fingerprint density at radius 3 is 2.52 bits per heavy atom. The largest absolute Gasteiger partial charge is 0.453 e. The van der Waals surface area contributed by atoms with Gasteiger partial charge in [-0.15, -0.1) is 10.2 Å². The van der Waals surface area contributed by atoms with Crippen LogP contribution in [-0.4, -0.2) is 32.4 Å². The molecule has 0 saturated heterocycles. The second kappa shape index (κ2) is 9.08. The third-order valence-corrected chi connectivity index (χ3v) is 4.92. The van der Waals surface area contributed by atoms with E-state index in [4.69, 9.17) is 5.84 Å². The predicted molar refractivity (Wildman–Crippen MR) is 110 cm³/mol. The Morgan fingerprint density at radius 1 is 1.10 bits per heavy atom. The van der Waals surface area contributed by atoms with E-state index >= 15 is 0 Å². The zero-order valence-corrected chi connectivity index (χ0v) is 16.9. The molecule has 0 bridgehead atoms. The van der Waals surface area contributed by atoms with Crippen LogP contribution in [0.5, 0.6) is 0 Å². The first-order valence-electron chi connectivity index (χ1n) is 8.82. The molecule has 0 radical (unpaired) electrons. The summed E-state index contributed by atoms with van der Waals surface area (Å²) in [6.45, 7) is 1.89. The third-order valence-electron chi connectivity index (χ3n) is 3.97. The molecule has 3 rings (SSSR count). The number of halogens is 3. The number of thioether (sulfide) groups is 1. The number of aryl methyl sites for hydroxylation is 1. The van der Waals surface area contributed by atoms with Crippen LogP contribution in [0.3, 0.4) is 0 Å². The number of nitrogen functional groups attached to an aromatic ring is 1. The second-order valence-corrected chi connectivity index (χ2v) is 7.32. The number of nitrogens with two attached hydrogens (primary N) is 1. The van der Waals surface area contributed by atoms with Crippen LogP contribution >= 0.6 is 11.8 Å². The molecular formula is C19H17F3N6O2S. The van der Waals surface area contributed by atoms with Crippen LogP contribution < -0.4 is 16.5 Å². The molecule has 2 amide bonds. The van der Waals surface area contributed by atoms with Crippen molar-refractivity contribution in [1.82, 2.24) is 14.9 Å². The van der Waals surface area contributed by atoms with E-state index in [9.17, 15) is 22.8 Å². The molecule has 0 aliphatic heterocycles. The second-order valence-electron chi connectivity index (χ2n) is 6.38. The number of aromatic nitrogens is 3. The summed E-state index contributed by atoms with van der Waals surface area (Å²) in [5.41, 5.74) is 2.05. The normalized spacial score (nSPS) is 11.2. The van der Waals surface area contributed by atoms with E-state index in [1.54, 1.807) is 42.5 Å². The van der Waals surface area contributed by atoms with Crippen molar-refractivity contribution < 1.29 is 22.8 Å². The molecule has 0 atom stereocenters. The highest BCUT2D eigenvalue weighted by Gasteiger charge is 2.38. The maximum absolute atomic E-state index is 12.7. The minimum atomic E-state index is -4.76. The first-order chi connectivity index (χ1) is 14.6. The van der Waals surface area contributed by atoms with E-state index in [2.05, 4.69) is 20.8 Å². The number of carbonyl (C=O) groups is 2. The average Bonchev–Trinajstić information content (AvgIpc) is 3.07. The van der Waals surface area contributed by atoms with Gasteiger partial charge in [-0.3, -0.25) is 9.59 Å². The van der Waals surface area contributed by atoms with Crippen LogP contribution in [-0.2, 0) is 11.0 Å². The SMILES string of the molecule is Cc1cccc(NC(=O)c2ccccc2NC(=O)CSc2nnc(C(F)(F)F)n2N)c1. The molecule has 2 aromatic carbocycles. The Morgan fingerprint density at radius 2 is 1.84 bits per heavy atom. The number of rotatable bonds is 6. The summed E-state index contributed by atoms with van der Waals surface area (Å²) in [6.07, 6.45) is -4.76. The standard InChI is InChI=1S/C19H17F3N6O2S/c1-11-5-4-6-12(9-11)24-16(30)13-7-2-3-8-14(13)25-15(29)10-31-18-27-26-17(28(18)23)19(20,21)22/h2-9H,10,23H2,1H3,(H,24,30)(H,25,29). The average molecular weight is 450 g/mol. The third kappa shape index (κ3) is 5.54. The van der Waals surface area contributed by atoms with Gasteiger partial charge in [-0.1, -0.05) is 36.0 Å². The van der Waals surface area contributed by atoms with Crippen molar-refractivity contribution in [2.24, 2.45) is 0 Å². The molecule has 0 aliphatic rings. The number of nitrogens with one attached hydrogen (secondary N) is 2. The monoisotopic (exact) mass is 450 g/mol. The lowest BCUT2D eigenvalue weighted by Crippen LogP contribution is -2.22. The highest BCUT2D eigenvalue weighted by atomic mass is 32.2. The van der Waals surface area contributed by atoms with Crippen molar-refractivity contribution in [3.8, 4) is 0 Å². The molecule has 0 fully saturated rings. The molecule has 3 aromatic rings. The maximum atomic E-state index is 12.7. The molecule has 0 spiro atoms. The summed E-state index contributed by atoms with van der Waals surface area (Å²) >= 11 is 0.682. The fourth-order valence-electron chi connectivity index (χ4n) is 2.60. The van der Waals surface area contributed by atoms with Gasteiger partial charge in [-0.25, -0.2) is 4.68 Å². The van der Waals surface area contributed by atoms with Gasteiger partial charge in [0.2, 0.25) is 11.1 Å². The molecule has 1 heterocycles. The van der Waals surface area contributed by atoms with E-state index in [1.165, 1.54) is 0 Å². The van der Waals surface area contributed by atoms with Crippen molar-refractivity contribution in [2.45, 2.75) is 18.3 Å². The zero-order chi connectivity index (χ0) is 22.6. The van der Waals surface area contributed by atoms with Gasteiger partial charge in [-0.2, -0.15) is 13.2 Å². The molecule has 8 nitrogen and oxygen atoms in total. The lowest BCUT2D eigenvalue weighted by molar-refractivity contribution is -0.146. The molecule has 4 N–H and O–H groups in total. The zero-order valence-electron chi connectivity index (χ0n) is 16.1. The van der Waals surface area contributed by atoms with Crippen LogP contribution in [0.25, 0.3) is 0 Å². The Balaban J connectivity index is 1.66. The fraction of sp³-hybridized carbons (Fsp3) is 0.158. The van der Waals surface area contributed by atoms with E-state index in [0.717, 1.165) is 5.56 Å². The summed E-state index contributed by atoms with van der Waals surface area (Å²) in [4.78, 5) is 24.9. The quantitative estimate of drug-likeness (QED) is 0.392. The first kappa shape index (κ1) is 22.2. The maximum Gasteiger partial charge on any atom is 0.453 e. The lowest BCUT2D eigenvalue weighted by Gasteiger charge is -2.12. The molecule has 0 saturated carbocycles. The van der Waals surface area contributed by atoms with Crippen molar-refractivity contribution in [2.75, 3.05) is 22.2 Å². The summed E-state index contributed by atoms with van der Waals surface area (Å²) in [5, 5.41) is 11.4. The van der Waals surface area contributed by atoms with Gasteiger partial charge in [0.15, 0.2) is 0 Å². The molecule has 0 unspecified atom stereocenters. The van der Waals surface area contributed by atoms with Crippen molar-refractivity contribution in [3.05, 3.63) is 65.5 Å². The van der Waals surface area contributed by atoms with Crippen molar-refractivity contribution in [1.29, 1.82) is 0 Å². The van der Waals surface area contributed by atoms with Crippen molar-refractivity contribution in [3.63, 3.8) is 0 Å². The van der Waals surface area contributed by atoms with Crippen LogP contribution in [0.2, 0.25) is 0 Å². The number of carbonyl (C=O) groups excluding carboxylic acids is 2. The highest BCUT2D eigenvalue weighted by Crippen LogP contribution is 2.29. The number of hydrogen-bond donors (Lipinski definition) is 3. The van der Waals surface area contributed by atoms with Gasteiger partial charge in [0, 0.05) is 5.69 Å². The summed E-state index contributed by atoms with van der Waals surface area (Å²) in [7, 11) is 0. The highest BCUT2D eigenvalue weighted by molar-refractivity contribution is 7.99. The van der Waals surface area contributed by atoms with E-state index in [-0.39, 0.29) is 26.8 Å². The topological polar surface area (TPSA) is 115 Å². The molecule has 1 aromatic heterocycles. The minimum Gasteiger partial charge on any atom is -0.335 e. The van der Waals surface area contributed by atoms with Gasteiger partial charge in [0.05, 0.1) is 17.0 Å². The van der Waals surface area contributed by atoms with E-state index in [1.807, 2.05) is 13.0 Å².